The standard InChI is InChI=1S/C39H40F5N3O3SSi/c1-37(2,3)52(27-12-6-4-7-13-27,28-14-8-5-9-15-28)50-23-26(31-16-10-11-21-45-31)24-51-34-32(25-17-19-38(40,41)20-18-25)30(39(42,43)44)22-29-33(34)46-36(49)47-35(29)48/h4-16,21-22,25-26H,17-20,23-24H2,1-3H3,(H2,46,47,48,49). The van der Waals surface area contributed by atoms with Gasteiger partial charge in [-0.2, -0.15) is 13.2 Å². The van der Waals surface area contributed by atoms with Gasteiger partial charge in [-0.1, -0.05) is 87.5 Å². The lowest BCUT2D eigenvalue weighted by Crippen LogP contribution is -2.66. The largest absolute Gasteiger partial charge is 0.416 e. The fraction of sp³-hybridized carbons (Fsp3) is 0.359. The molecule has 3 aromatic carbocycles. The lowest BCUT2D eigenvalue weighted by atomic mass is 9.80. The molecule has 1 saturated carbocycles. The fourth-order valence-corrected chi connectivity index (χ4v) is 13.4. The maximum absolute atomic E-state index is 14.9. The van der Waals surface area contributed by atoms with Crippen molar-refractivity contribution < 1.29 is 26.4 Å². The second-order valence-electron chi connectivity index (χ2n) is 14.4. The van der Waals surface area contributed by atoms with Crippen molar-refractivity contribution in [2.75, 3.05) is 12.4 Å². The Balaban J connectivity index is 1.47. The van der Waals surface area contributed by atoms with Crippen LogP contribution >= 0.6 is 11.8 Å². The minimum atomic E-state index is -4.89. The molecule has 1 aliphatic carbocycles. The van der Waals surface area contributed by atoms with Crippen LogP contribution in [0.15, 0.2) is 106 Å². The van der Waals surface area contributed by atoms with Gasteiger partial charge in [0.1, 0.15) is 0 Å². The van der Waals surface area contributed by atoms with E-state index in [1.807, 2.05) is 53.5 Å². The molecule has 2 aromatic heterocycles. The molecule has 0 spiro atoms. The minimum Gasteiger partial charge on any atom is -0.407 e. The van der Waals surface area contributed by atoms with Gasteiger partial charge in [0, 0.05) is 47.9 Å². The van der Waals surface area contributed by atoms with E-state index in [1.165, 1.54) is 0 Å². The topological polar surface area (TPSA) is 87.8 Å². The number of rotatable bonds is 10. The van der Waals surface area contributed by atoms with Crippen molar-refractivity contribution in [2.24, 2.45) is 0 Å². The molecule has 6 rings (SSSR count). The summed E-state index contributed by atoms with van der Waals surface area (Å²) in [7, 11) is -3.05. The van der Waals surface area contributed by atoms with Gasteiger partial charge in [-0.3, -0.25) is 14.8 Å². The fourth-order valence-electron chi connectivity index (χ4n) is 7.42. The van der Waals surface area contributed by atoms with Gasteiger partial charge in [-0.05, 0) is 57.9 Å². The van der Waals surface area contributed by atoms with Gasteiger partial charge in [-0.25, -0.2) is 13.6 Å². The summed E-state index contributed by atoms with van der Waals surface area (Å²) in [5, 5.41) is 1.42. The number of aromatic amines is 2. The summed E-state index contributed by atoms with van der Waals surface area (Å²) >= 11 is 1.06. The number of pyridine rings is 1. The molecule has 2 N–H and O–H groups in total. The van der Waals surface area contributed by atoms with E-state index in [9.17, 15) is 31.5 Å². The van der Waals surface area contributed by atoms with Crippen LogP contribution in [0.4, 0.5) is 22.0 Å². The Bertz CT molecular complexity index is 2070. The number of nitrogens with one attached hydrogen (secondary N) is 2. The molecular weight excluding hydrogens is 714 g/mol. The summed E-state index contributed by atoms with van der Waals surface area (Å²) in [4.78, 5) is 34.8. The molecule has 5 aromatic rings. The Kier molecular flexibility index (Phi) is 10.7. The molecule has 0 radical (unpaired) electrons. The third-order valence-corrected chi connectivity index (χ3v) is 16.2. The molecule has 0 amide bonds. The van der Waals surface area contributed by atoms with Crippen molar-refractivity contribution in [3.63, 3.8) is 0 Å². The number of H-pyrrole nitrogens is 2. The summed E-state index contributed by atoms with van der Waals surface area (Å²) < 4.78 is 80.4. The SMILES string of the molecule is CC(C)(C)[Si](OCC(CSc1c(C2CCC(F)(F)CC2)c(C(F)(F)F)cc2c(=O)[nH]c(=O)[nH]c12)c1ccccn1)(c1ccccc1)c1ccccc1. The maximum Gasteiger partial charge on any atom is 0.416 e. The third-order valence-electron chi connectivity index (χ3n) is 9.91. The zero-order valence-electron chi connectivity index (χ0n) is 29.0. The third kappa shape index (κ3) is 7.67. The first-order valence-corrected chi connectivity index (χ1v) is 20.1. The van der Waals surface area contributed by atoms with Gasteiger partial charge in [0.05, 0.1) is 16.5 Å². The van der Waals surface area contributed by atoms with E-state index in [1.54, 1.807) is 12.3 Å². The van der Waals surface area contributed by atoms with Crippen molar-refractivity contribution in [3.05, 3.63) is 129 Å². The number of hydrogen-bond acceptors (Lipinski definition) is 5. The number of alkyl halides is 5. The molecule has 0 saturated heterocycles. The van der Waals surface area contributed by atoms with Crippen molar-refractivity contribution >= 4 is 41.4 Å². The second kappa shape index (κ2) is 14.7. The zero-order valence-corrected chi connectivity index (χ0v) is 30.8. The first-order chi connectivity index (χ1) is 24.6. The molecule has 13 heteroatoms. The monoisotopic (exact) mass is 753 g/mol. The van der Waals surface area contributed by atoms with E-state index >= 15 is 0 Å². The number of benzene rings is 3. The predicted molar refractivity (Wildman–Crippen MR) is 198 cm³/mol. The van der Waals surface area contributed by atoms with Crippen molar-refractivity contribution in [1.29, 1.82) is 0 Å². The Hall–Kier alpha value is -4.07. The quantitative estimate of drug-likeness (QED) is 0.0851. The van der Waals surface area contributed by atoms with Crippen LogP contribution in [-0.2, 0) is 10.6 Å². The van der Waals surface area contributed by atoms with Crippen LogP contribution in [-0.4, -0.2) is 41.6 Å². The van der Waals surface area contributed by atoms with E-state index < -0.39 is 61.9 Å². The number of nitrogens with zero attached hydrogens (tertiary/aromatic N) is 1. The van der Waals surface area contributed by atoms with E-state index in [0.717, 1.165) is 28.2 Å². The number of thioether (sulfide) groups is 1. The Labute approximate surface area is 303 Å². The van der Waals surface area contributed by atoms with E-state index in [0.29, 0.717) is 5.69 Å². The molecule has 0 aliphatic heterocycles. The summed E-state index contributed by atoms with van der Waals surface area (Å²) in [5.41, 5.74) is -2.48. The lowest BCUT2D eigenvalue weighted by molar-refractivity contribution is -0.138. The van der Waals surface area contributed by atoms with Crippen molar-refractivity contribution in [1.82, 2.24) is 15.0 Å². The number of hydrogen-bond donors (Lipinski definition) is 2. The molecule has 52 heavy (non-hydrogen) atoms. The molecular formula is C39H40F5N3O3SSi. The maximum atomic E-state index is 14.9. The highest BCUT2D eigenvalue weighted by molar-refractivity contribution is 7.99. The van der Waals surface area contributed by atoms with E-state index in [-0.39, 0.29) is 51.6 Å². The predicted octanol–water partition coefficient (Wildman–Crippen LogP) is 8.38. The Morgan fingerprint density at radius 2 is 1.50 bits per heavy atom. The highest BCUT2D eigenvalue weighted by atomic mass is 32.2. The van der Waals surface area contributed by atoms with Crippen molar-refractivity contribution in [2.45, 2.75) is 80.3 Å². The first-order valence-electron chi connectivity index (χ1n) is 17.2. The molecule has 1 unspecified atom stereocenters. The highest BCUT2D eigenvalue weighted by Gasteiger charge is 2.50. The van der Waals surface area contributed by atoms with Crippen LogP contribution < -0.4 is 21.6 Å². The number of aromatic nitrogens is 3. The first kappa shape index (κ1) is 37.7. The van der Waals surface area contributed by atoms with Crippen LogP contribution in [0.25, 0.3) is 10.9 Å². The van der Waals surface area contributed by atoms with Gasteiger partial charge in [0.2, 0.25) is 5.92 Å². The van der Waals surface area contributed by atoms with E-state index in [4.69, 9.17) is 4.43 Å². The molecule has 1 fully saturated rings. The van der Waals surface area contributed by atoms with Gasteiger partial charge in [0.15, 0.2) is 0 Å². The van der Waals surface area contributed by atoms with Gasteiger partial charge in [0.25, 0.3) is 13.9 Å². The molecule has 1 atom stereocenters. The molecule has 6 nitrogen and oxygen atoms in total. The van der Waals surface area contributed by atoms with E-state index in [2.05, 4.69) is 55.0 Å². The zero-order chi connectivity index (χ0) is 37.3. The molecule has 0 bridgehead atoms. The summed E-state index contributed by atoms with van der Waals surface area (Å²) in [6, 6.07) is 26.2. The molecule has 274 valence electrons. The number of halogens is 5. The smallest absolute Gasteiger partial charge is 0.407 e. The van der Waals surface area contributed by atoms with Crippen LogP contribution in [0.3, 0.4) is 0 Å². The van der Waals surface area contributed by atoms with Gasteiger partial charge >= 0.3 is 11.9 Å². The molecule has 1 aliphatic rings. The van der Waals surface area contributed by atoms with Crippen molar-refractivity contribution in [3.8, 4) is 0 Å². The second-order valence-corrected chi connectivity index (χ2v) is 19.7. The number of fused-ring (bicyclic) bond motifs is 1. The van der Waals surface area contributed by atoms with Crippen LogP contribution in [0.1, 0.15) is 75.1 Å². The normalized spacial score (nSPS) is 16.2. The Morgan fingerprint density at radius 3 is 2.04 bits per heavy atom. The van der Waals surface area contributed by atoms with Gasteiger partial charge < -0.3 is 9.41 Å². The minimum absolute atomic E-state index is 0.0493. The van der Waals surface area contributed by atoms with Gasteiger partial charge in [-0.15, -0.1) is 11.8 Å². The van der Waals surface area contributed by atoms with Crippen LogP contribution in [0.2, 0.25) is 5.04 Å². The summed E-state index contributed by atoms with van der Waals surface area (Å²) in [6.07, 6.45) is -4.74. The van der Waals surface area contributed by atoms with Crippen LogP contribution in [0.5, 0.6) is 0 Å². The average molecular weight is 754 g/mol. The lowest BCUT2D eigenvalue weighted by Gasteiger charge is -2.43. The molecule has 2 heterocycles. The highest BCUT2D eigenvalue weighted by Crippen LogP contribution is 2.50. The average Bonchev–Trinajstić information content (AvgIpc) is 3.10. The summed E-state index contributed by atoms with van der Waals surface area (Å²) in [5.74, 6) is -4.16. The summed E-state index contributed by atoms with van der Waals surface area (Å²) in [6.45, 7) is 6.58. The van der Waals surface area contributed by atoms with Crippen LogP contribution in [0, 0.1) is 0 Å². The Morgan fingerprint density at radius 1 is 0.904 bits per heavy atom.